The van der Waals surface area contributed by atoms with Crippen LogP contribution in [-0.2, 0) is 10.0 Å². The first-order valence-corrected chi connectivity index (χ1v) is 12.4. The van der Waals surface area contributed by atoms with Crippen LogP contribution in [0.2, 0.25) is 5.02 Å². The highest BCUT2D eigenvalue weighted by Crippen LogP contribution is 2.30. The minimum Gasteiger partial charge on any atom is -0.296 e. The number of nitrogens with zero attached hydrogens (tertiary/aromatic N) is 3. The van der Waals surface area contributed by atoms with Crippen LogP contribution in [0.3, 0.4) is 0 Å². The summed E-state index contributed by atoms with van der Waals surface area (Å²) in [6.07, 6.45) is 4.57. The standard InChI is InChI=1S/C19H25ClN4O3S2/c1-3-13(4-2)18-22-23-19(28-18)21-17(25)14-8-9-15(20)16(12-14)29(26,27)24-10-6-5-7-11-24/h8-9,12-13H,3-7,10-11H2,1-2H3,(H,21,23,25). The summed E-state index contributed by atoms with van der Waals surface area (Å²) < 4.78 is 27.4. The summed E-state index contributed by atoms with van der Waals surface area (Å²) in [5.41, 5.74) is 0.212. The molecule has 0 atom stereocenters. The predicted molar refractivity (Wildman–Crippen MR) is 115 cm³/mol. The molecule has 3 rings (SSSR count). The zero-order chi connectivity index (χ0) is 21.0. The number of anilines is 1. The summed E-state index contributed by atoms with van der Waals surface area (Å²) in [4.78, 5) is 12.6. The molecule has 0 aliphatic carbocycles. The molecule has 1 saturated heterocycles. The van der Waals surface area contributed by atoms with Crippen LogP contribution in [0.15, 0.2) is 23.1 Å². The van der Waals surface area contributed by atoms with Crippen LogP contribution in [0.4, 0.5) is 5.13 Å². The second kappa shape index (κ2) is 9.51. The zero-order valence-electron chi connectivity index (χ0n) is 16.5. The van der Waals surface area contributed by atoms with Gasteiger partial charge in [-0.15, -0.1) is 10.2 Å². The summed E-state index contributed by atoms with van der Waals surface area (Å²) in [6, 6.07) is 4.29. The molecule has 2 aromatic rings. The molecule has 1 N–H and O–H groups in total. The van der Waals surface area contributed by atoms with E-state index in [-0.39, 0.29) is 15.5 Å². The summed E-state index contributed by atoms with van der Waals surface area (Å²) in [5, 5.41) is 12.3. The van der Waals surface area contributed by atoms with Gasteiger partial charge in [-0.3, -0.25) is 10.1 Å². The number of hydrogen-bond acceptors (Lipinski definition) is 6. The van der Waals surface area contributed by atoms with E-state index in [1.807, 2.05) is 0 Å². The third kappa shape index (κ3) is 4.96. The lowest BCUT2D eigenvalue weighted by Gasteiger charge is -2.26. The van der Waals surface area contributed by atoms with Gasteiger partial charge in [0.2, 0.25) is 15.2 Å². The largest absolute Gasteiger partial charge is 0.296 e. The first kappa shape index (κ1) is 22.1. The van der Waals surface area contributed by atoms with Gasteiger partial charge in [0.15, 0.2) is 0 Å². The Morgan fingerprint density at radius 3 is 2.55 bits per heavy atom. The SMILES string of the molecule is CCC(CC)c1nnc(NC(=O)c2ccc(Cl)c(S(=O)(=O)N3CCCCC3)c2)s1. The van der Waals surface area contributed by atoms with Crippen molar-refractivity contribution in [3.63, 3.8) is 0 Å². The topological polar surface area (TPSA) is 92.3 Å². The van der Waals surface area contributed by atoms with Crippen molar-refractivity contribution in [2.75, 3.05) is 18.4 Å². The molecule has 1 fully saturated rings. The maximum absolute atomic E-state index is 13.0. The Labute approximate surface area is 180 Å². The molecule has 0 spiro atoms. The van der Waals surface area contributed by atoms with Gasteiger partial charge in [0.1, 0.15) is 9.90 Å². The van der Waals surface area contributed by atoms with Crippen molar-refractivity contribution < 1.29 is 13.2 Å². The third-order valence-electron chi connectivity index (χ3n) is 5.12. The number of amides is 1. The molecule has 1 aliphatic rings. The summed E-state index contributed by atoms with van der Waals surface area (Å²) in [6.45, 7) is 5.12. The summed E-state index contributed by atoms with van der Waals surface area (Å²) >= 11 is 7.52. The predicted octanol–water partition coefficient (Wildman–Crippen LogP) is 4.52. The van der Waals surface area contributed by atoms with E-state index in [9.17, 15) is 13.2 Å². The lowest BCUT2D eigenvalue weighted by atomic mass is 10.1. The number of halogens is 1. The first-order valence-electron chi connectivity index (χ1n) is 9.81. The molecule has 0 saturated carbocycles. The van der Waals surface area contributed by atoms with Crippen LogP contribution >= 0.6 is 22.9 Å². The van der Waals surface area contributed by atoms with E-state index >= 15 is 0 Å². The van der Waals surface area contributed by atoms with Gasteiger partial charge < -0.3 is 0 Å². The minimum absolute atomic E-state index is 0.0382. The van der Waals surface area contributed by atoms with E-state index < -0.39 is 15.9 Å². The van der Waals surface area contributed by atoms with Gasteiger partial charge >= 0.3 is 0 Å². The van der Waals surface area contributed by atoms with Crippen LogP contribution in [0.1, 0.15) is 67.2 Å². The zero-order valence-corrected chi connectivity index (χ0v) is 18.9. The smallest absolute Gasteiger partial charge is 0.257 e. The van der Waals surface area contributed by atoms with Gasteiger partial charge in [-0.25, -0.2) is 8.42 Å². The van der Waals surface area contributed by atoms with Gasteiger partial charge in [-0.2, -0.15) is 4.31 Å². The van der Waals surface area contributed by atoms with E-state index in [0.29, 0.717) is 24.1 Å². The van der Waals surface area contributed by atoms with Crippen molar-refractivity contribution in [2.24, 2.45) is 0 Å². The maximum Gasteiger partial charge on any atom is 0.257 e. The van der Waals surface area contributed by atoms with E-state index in [4.69, 9.17) is 11.6 Å². The second-order valence-corrected chi connectivity index (χ2v) is 10.3. The Bertz CT molecular complexity index is 968. The molecule has 0 bridgehead atoms. The number of hydrogen-bond donors (Lipinski definition) is 1. The Hall–Kier alpha value is -1.55. The molecule has 2 heterocycles. The van der Waals surface area contributed by atoms with Crippen LogP contribution in [0.25, 0.3) is 0 Å². The van der Waals surface area contributed by atoms with Crippen LogP contribution in [0, 0.1) is 0 Å². The van der Waals surface area contributed by atoms with Crippen molar-refractivity contribution in [1.29, 1.82) is 0 Å². The number of carbonyl (C=O) groups is 1. The number of carbonyl (C=O) groups excluding carboxylic acids is 1. The molecular formula is C19H25ClN4O3S2. The van der Waals surface area contributed by atoms with E-state index in [2.05, 4.69) is 29.4 Å². The number of aromatic nitrogens is 2. The number of sulfonamides is 1. The van der Waals surface area contributed by atoms with Crippen molar-refractivity contribution in [1.82, 2.24) is 14.5 Å². The number of nitrogens with one attached hydrogen (secondary N) is 1. The molecule has 0 unspecified atom stereocenters. The average Bonchev–Trinajstić information content (AvgIpc) is 3.18. The highest BCUT2D eigenvalue weighted by Gasteiger charge is 2.29. The van der Waals surface area contributed by atoms with Gasteiger partial charge in [-0.05, 0) is 43.9 Å². The Balaban J connectivity index is 1.81. The van der Waals surface area contributed by atoms with E-state index in [1.54, 1.807) is 0 Å². The van der Waals surface area contributed by atoms with Crippen LogP contribution in [-0.4, -0.2) is 41.9 Å². The Kier molecular flexibility index (Phi) is 7.26. The van der Waals surface area contributed by atoms with Crippen molar-refractivity contribution in [3.05, 3.63) is 33.8 Å². The number of piperidine rings is 1. The molecule has 7 nitrogen and oxygen atoms in total. The maximum atomic E-state index is 13.0. The molecule has 10 heteroatoms. The van der Waals surface area contributed by atoms with Gasteiger partial charge in [0.25, 0.3) is 5.91 Å². The fourth-order valence-corrected chi connectivity index (χ4v) is 6.37. The molecule has 1 aromatic carbocycles. The van der Waals surface area contributed by atoms with Crippen LogP contribution in [0.5, 0.6) is 0 Å². The quantitative estimate of drug-likeness (QED) is 0.661. The second-order valence-electron chi connectivity index (χ2n) is 7.02. The Morgan fingerprint density at radius 2 is 1.90 bits per heavy atom. The highest BCUT2D eigenvalue weighted by molar-refractivity contribution is 7.89. The number of rotatable bonds is 7. The fraction of sp³-hybridized carbons (Fsp3) is 0.526. The highest BCUT2D eigenvalue weighted by atomic mass is 35.5. The lowest BCUT2D eigenvalue weighted by molar-refractivity contribution is 0.102. The molecule has 1 amide bonds. The normalized spacial score (nSPS) is 15.6. The summed E-state index contributed by atoms with van der Waals surface area (Å²) in [5.74, 6) is -0.126. The summed E-state index contributed by atoms with van der Waals surface area (Å²) in [7, 11) is -3.74. The van der Waals surface area contributed by atoms with Gasteiger partial charge in [-0.1, -0.05) is 43.2 Å². The van der Waals surface area contributed by atoms with E-state index in [1.165, 1.54) is 33.8 Å². The molecule has 1 aromatic heterocycles. The molecule has 0 radical (unpaired) electrons. The fourth-order valence-electron chi connectivity index (χ4n) is 3.34. The number of benzene rings is 1. The third-order valence-corrected chi connectivity index (χ3v) is 8.50. The van der Waals surface area contributed by atoms with Crippen molar-refractivity contribution in [3.8, 4) is 0 Å². The molecule has 158 valence electrons. The molecular weight excluding hydrogens is 432 g/mol. The minimum atomic E-state index is -3.74. The van der Waals surface area contributed by atoms with E-state index in [0.717, 1.165) is 37.1 Å². The monoisotopic (exact) mass is 456 g/mol. The molecule has 29 heavy (non-hydrogen) atoms. The molecule has 1 aliphatic heterocycles. The van der Waals surface area contributed by atoms with Crippen LogP contribution < -0.4 is 5.32 Å². The lowest BCUT2D eigenvalue weighted by Crippen LogP contribution is -2.35. The van der Waals surface area contributed by atoms with Crippen molar-refractivity contribution in [2.45, 2.75) is 56.8 Å². The van der Waals surface area contributed by atoms with Gasteiger partial charge in [0, 0.05) is 24.6 Å². The van der Waals surface area contributed by atoms with Crippen molar-refractivity contribution >= 4 is 44.0 Å². The Morgan fingerprint density at radius 1 is 1.21 bits per heavy atom. The average molecular weight is 457 g/mol. The van der Waals surface area contributed by atoms with Gasteiger partial charge in [0.05, 0.1) is 5.02 Å². The first-order chi connectivity index (χ1) is 13.9.